The lowest BCUT2D eigenvalue weighted by Gasteiger charge is -2.16. The SMILES string of the molecule is COc1cc2c(cc1OC)CC(=O)N(CCC(=O)Nc1nccs1)C=C2. The van der Waals surface area contributed by atoms with E-state index < -0.39 is 0 Å². The van der Waals surface area contributed by atoms with Gasteiger partial charge in [0.05, 0.1) is 20.6 Å². The van der Waals surface area contributed by atoms with Gasteiger partial charge >= 0.3 is 0 Å². The molecule has 0 radical (unpaired) electrons. The number of methoxy groups -OCH3 is 2. The van der Waals surface area contributed by atoms with Gasteiger partial charge in [-0.1, -0.05) is 0 Å². The molecule has 2 heterocycles. The van der Waals surface area contributed by atoms with Gasteiger partial charge in [0.15, 0.2) is 16.6 Å². The Labute approximate surface area is 155 Å². The highest BCUT2D eigenvalue weighted by molar-refractivity contribution is 7.13. The Morgan fingerprint density at radius 1 is 1.31 bits per heavy atom. The molecule has 2 aromatic rings. The summed E-state index contributed by atoms with van der Waals surface area (Å²) in [5.41, 5.74) is 1.75. The van der Waals surface area contributed by atoms with E-state index in [1.807, 2.05) is 18.2 Å². The largest absolute Gasteiger partial charge is 0.493 e. The van der Waals surface area contributed by atoms with E-state index in [0.717, 1.165) is 11.1 Å². The Balaban J connectivity index is 1.67. The summed E-state index contributed by atoms with van der Waals surface area (Å²) in [6, 6.07) is 3.66. The second-order valence-corrected chi connectivity index (χ2v) is 6.52. The van der Waals surface area contributed by atoms with E-state index in [0.29, 0.717) is 23.2 Å². The zero-order chi connectivity index (χ0) is 18.5. The Morgan fingerprint density at radius 3 is 2.77 bits per heavy atom. The number of hydrogen-bond acceptors (Lipinski definition) is 6. The maximum Gasteiger partial charge on any atom is 0.230 e. The van der Waals surface area contributed by atoms with Crippen LogP contribution in [0.3, 0.4) is 0 Å². The van der Waals surface area contributed by atoms with Crippen molar-refractivity contribution < 1.29 is 19.1 Å². The fourth-order valence-corrected chi connectivity index (χ4v) is 3.20. The molecule has 1 aliphatic heterocycles. The second kappa shape index (κ2) is 8.01. The molecular formula is C18H19N3O4S. The number of carbonyl (C=O) groups excluding carboxylic acids is 2. The first-order valence-electron chi connectivity index (χ1n) is 8.02. The van der Waals surface area contributed by atoms with Crippen molar-refractivity contribution in [3.8, 4) is 11.5 Å². The van der Waals surface area contributed by atoms with Crippen molar-refractivity contribution in [1.82, 2.24) is 9.88 Å². The molecule has 0 spiro atoms. The fraction of sp³-hybridized carbons (Fsp3) is 0.278. The number of thiazole rings is 1. The zero-order valence-electron chi connectivity index (χ0n) is 14.5. The number of ether oxygens (including phenoxy) is 2. The summed E-state index contributed by atoms with van der Waals surface area (Å²) < 4.78 is 10.6. The van der Waals surface area contributed by atoms with Gasteiger partial charge in [-0.15, -0.1) is 11.3 Å². The highest BCUT2D eigenvalue weighted by Crippen LogP contribution is 2.32. The molecule has 0 aliphatic carbocycles. The van der Waals surface area contributed by atoms with Crippen LogP contribution in [0.1, 0.15) is 17.5 Å². The second-order valence-electron chi connectivity index (χ2n) is 5.62. The summed E-state index contributed by atoms with van der Waals surface area (Å²) in [6.07, 6.45) is 5.61. The number of anilines is 1. The van der Waals surface area contributed by atoms with E-state index >= 15 is 0 Å². The van der Waals surface area contributed by atoms with Crippen LogP contribution >= 0.6 is 11.3 Å². The van der Waals surface area contributed by atoms with Crippen molar-refractivity contribution in [1.29, 1.82) is 0 Å². The number of nitrogens with one attached hydrogen (secondary N) is 1. The van der Waals surface area contributed by atoms with Gasteiger partial charge in [-0.25, -0.2) is 4.98 Å². The average molecular weight is 373 g/mol. The fourth-order valence-electron chi connectivity index (χ4n) is 2.65. The van der Waals surface area contributed by atoms with Crippen LogP contribution in [-0.4, -0.2) is 42.5 Å². The molecule has 1 N–H and O–H groups in total. The van der Waals surface area contributed by atoms with Crippen molar-refractivity contribution in [2.45, 2.75) is 12.8 Å². The van der Waals surface area contributed by atoms with Gasteiger partial charge < -0.3 is 19.7 Å². The minimum Gasteiger partial charge on any atom is -0.493 e. The standard InChI is InChI=1S/C18H19N3O4S/c1-24-14-9-12-3-6-21(17(23)11-13(12)10-15(14)25-2)7-4-16(22)20-18-19-5-8-26-18/h3,5-6,8-10H,4,7,11H2,1-2H3,(H,19,20,22). The number of benzene rings is 1. The molecule has 1 aliphatic rings. The van der Waals surface area contributed by atoms with E-state index in [1.54, 1.807) is 36.9 Å². The van der Waals surface area contributed by atoms with E-state index in [9.17, 15) is 9.59 Å². The monoisotopic (exact) mass is 373 g/mol. The third-order valence-corrected chi connectivity index (χ3v) is 4.69. The van der Waals surface area contributed by atoms with Gasteiger partial charge in [-0.3, -0.25) is 9.59 Å². The van der Waals surface area contributed by atoms with Gasteiger partial charge in [-0.05, 0) is 29.3 Å². The number of nitrogens with zero attached hydrogens (tertiary/aromatic N) is 2. The predicted octanol–water partition coefficient (Wildman–Crippen LogP) is 2.54. The van der Waals surface area contributed by atoms with Crippen molar-refractivity contribution in [3.63, 3.8) is 0 Å². The highest BCUT2D eigenvalue weighted by Gasteiger charge is 2.20. The van der Waals surface area contributed by atoms with Crippen molar-refractivity contribution in [3.05, 3.63) is 41.0 Å². The normalized spacial score (nSPS) is 13.2. The molecule has 0 fully saturated rings. The summed E-state index contributed by atoms with van der Waals surface area (Å²) in [6.45, 7) is 0.300. The molecule has 136 valence electrons. The number of fused-ring (bicyclic) bond motifs is 1. The van der Waals surface area contributed by atoms with Crippen LogP contribution in [0.25, 0.3) is 6.08 Å². The first-order valence-corrected chi connectivity index (χ1v) is 8.90. The van der Waals surface area contributed by atoms with Gasteiger partial charge in [0.2, 0.25) is 11.8 Å². The lowest BCUT2D eigenvalue weighted by atomic mass is 10.0. The molecular weight excluding hydrogens is 354 g/mol. The van der Waals surface area contributed by atoms with E-state index in [1.165, 1.54) is 11.3 Å². The smallest absolute Gasteiger partial charge is 0.230 e. The maximum absolute atomic E-state index is 12.5. The van der Waals surface area contributed by atoms with Crippen LogP contribution in [0, 0.1) is 0 Å². The summed E-state index contributed by atoms with van der Waals surface area (Å²) in [4.78, 5) is 30.1. The maximum atomic E-state index is 12.5. The molecule has 1 aromatic carbocycles. The van der Waals surface area contributed by atoms with Crippen LogP contribution in [0.5, 0.6) is 11.5 Å². The molecule has 0 unspecified atom stereocenters. The Hall–Kier alpha value is -2.87. The van der Waals surface area contributed by atoms with Crippen LogP contribution in [0.2, 0.25) is 0 Å². The van der Waals surface area contributed by atoms with Crippen molar-refractivity contribution in [2.75, 3.05) is 26.1 Å². The minimum atomic E-state index is -0.175. The van der Waals surface area contributed by atoms with Gasteiger partial charge in [0.25, 0.3) is 0 Å². The minimum absolute atomic E-state index is 0.0748. The topological polar surface area (TPSA) is 80.8 Å². The van der Waals surface area contributed by atoms with Gasteiger partial charge in [0.1, 0.15) is 0 Å². The van der Waals surface area contributed by atoms with Crippen LogP contribution < -0.4 is 14.8 Å². The molecule has 8 heteroatoms. The van der Waals surface area contributed by atoms with E-state index in [-0.39, 0.29) is 24.7 Å². The molecule has 0 atom stereocenters. The van der Waals surface area contributed by atoms with Crippen molar-refractivity contribution in [2.24, 2.45) is 0 Å². The zero-order valence-corrected chi connectivity index (χ0v) is 15.3. The third kappa shape index (κ3) is 4.02. The number of rotatable bonds is 6. The molecule has 2 amide bonds. The van der Waals surface area contributed by atoms with Gasteiger partial charge in [-0.2, -0.15) is 0 Å². The Morgan fingerprint density at radius 2 is 2.08 bits per heavy atom. The summed E-state index contributed by atoms with van der Waals surface area (Å²) >= 11 is 1.35. The third-order valence-electron chi connectivity index (χ3n) is 4.00. The lowest BCUT2D eigenvalue weighted by molar-refractivity contribution is -0.128. The van der Waals surface area contributed by atoms with Gasteiger partial charge in [0, 0.05) is 30.7 Å². The lowest BCUT2D eigenvalue weighted by Crippen LogP contribution is -2.29. The average Bonchev–Trinajstić information content (AvgIpc) is 3.09. The van der Waals surface area contributed by atoms with E-state index in [4.69, 9.17) is 9.47 Å². The van der Waals surface area contributed by atoms with Crippen molar-refractivity contribution >= 4 is 34.4 Å². The van der Waals surface area contributed by atoms with E-state index in [2.05, 4.69) is 10.3 Å². The molecule has 0 bridgehead atoms. The molecule has 0 saturated carbocycles. The Bertz CT molecular complexity index is 833. The molecule has 26 heavy (non-hydrogen) atoms. The Kier molecular flexibility index (Phi) is 5.52. The first kappa shape index (κ1) is 17.9. The molecule has 7 nitrogen and oxygen atoms in total. The predicted molar refractivity (Wildman–Crippen MR) is 99.4 cm³/mol. The number of hydrogen-bond donors (Lipinski definition) is 1. The van der Waals surface area contributed by atoms with Crippen LogP contribution in [-0.2, 0) is 16.0 Å². The first-order chi connectivity index (χ1) is 12.6. The molecule has 0 saturated heterocycles. The summed E-state index contributed by atoms with van der Waals surface area (Å²) in [5.74, 6) is 0.948. The summed E-state index contributed by atoms with van der Waals surface area (Å²) in [7, 11) is 3.13. The number of aromatic nitrogens is 1. The number of carbonyl (C=O) groups is 2. The number of amides is 2. The molecule has 3 rings (SSSR count). The van der Waals surface area contributed by atoms with Crippen LogP contribution in [0.4, 0.5) is 5.13 Å². The van der Waals surface area contributed by atoms with Crippen LogP contribution in [0.15, 0.2) is 29.9 Å². The highest BCUT2D eigenvalue weighted by atomic mass is 32.1. The quantitative estimate of drug-likeness (QED) is 0.842. The molecule has 1 aromatic heterocycles. The summed E-state index contributed by atoms with van der Waals surface area (Å²) in [5, 5.41) is 5.06.